The molecular weight excluding hydrogens is 374 g/mol. The summed E-state index contributed by atoms with van der Waals surface area (Å²) in [6.07, 6.45) is 1.51. The van der Waals surface area contributed by atoms with E-state index in [1.165, 1.54) is 5.56 Å². The minimum absolute atomic E-state index is 0.0169. The zero-order valence-corrected chi connectivity index (χ0v) is 17.2. The molecule has 1 atom stereocenters. The van der Waals surface area contributed by atoms with Crippen molar-refractivity contribution < 1.29 is 4.79 Å². The van der Waals surface area contributed by atoms with Crippen molar-refractivity contribution in [2.75, 3.05) is 11.4 Å². The number of aromatic amines is 1. The lowest BCUT2D eigenvalue weighted by atomic mass is 10.1. The summed E-state index contributed by atoms with van der Waals surface area (Å²) in [5, 5.41) is 0. The van der Waals surface area contributed by atoms with Crippen LogP contribution in [0.3, 0.4) is 0 Å². The number of benzene rings is 2. The molecule has 1 N–H and O–H groups in total. The molecular formula is C24H25N5O. The van der Waals surface area contributed by atoms with Crippen molar-refractivity contribution in [2.24, 2.45) is 4.99 Å². The highest BCUT2D eigenvalue weighted by Crippen LogP contribution is 2.32. The Labute approximate surface area is 176 Å². The molecule has 2 aromatic carbocycles. The third kappa shape index (κ3) is 3.28. The Bertz CT molecular complexity index is 1090. The average molecular weight is 399 g/mol. The Hall–Kier alpha value is -3.41. The number of hydrogen-bond donors (Lipinski definition) is 1. The van der Waals surface area contributed by atoms with E-state index in [0.29, 0.717) is 17.9 Å². The summed E-state index contributed by atoms with van der Waals surface area (Å²) < 4.78 is 0. The van der Waals surface area contributed by atoms with Crippen LogP contribution >= 0.6 is 0 Å². The van der Waals surface area contributed by atoms with Crippen molar-refractivity contribution in [3.05, 3.63) is 83.3 Å². The maximum atomic E-state index is 13.3. The molecule has 0 bridgehead atoms. The normalized spacial score (nSPS) is 17.9. The Morgan fingerprint density at radius 1 is 1.03 bits per heavy atom. The molecule has 30 heavy (non-hydrogen) atoms. The SMILES string of the molecule is CC(C)N1C(=O)c2[nH]c(Cc3ccccc3)nc2N2C[C@@H](Cc3ccccc3)N=C21. The summed E-state index contributed by atoms with van der Waals surface area (Å²) in [6.45, 7) is 4.77. The quantitative estimate of drug-likeness (QED) is 0.712. The number of amides is 1. The van der Waals surface area contributed by atoms with Gasteiger partial charge in [-0.2, -0.15) is 0 Å². The molecule has 6 heteroatoms. The number of nitrogens with zero attached hydrogens (tertiary/aromatic N) is 4. The minimum Gasteiger partial charge on any atom is -0.336 e. The summed E-state index contributed by atoms with van der Waals surface area (Å²) in [5.74, 6) is 2.18. The van der Waals surface area contributed by atoms with E-state index in [1.807, 2.05) is 38.1 Å². The molecule has 6 nitrogen and oxygen atoms in total. The third-order valence-corrected chi connectivity index (χ3v) is 5.62. The molecule has 0 saturated carbocycles. The van der Waals surface area contributed by atoms with E-state index in [1.54, 1.807) is 4.90 Å². The van der Waals surface area contributed by atoms with Gasteiger partial charge in [-0.1, -0.05) is 60.7 Å². The van der Waals surface area contributed by atoms with Gasteiger partial charge in [0, 0.05) is 12.5 Å². The summed E-state index contributed by atoms with van der Waals surface area (Å²) in [6, 6.07) is 20.7. The van der Waals surface area contributed by atoms with Crippen LogP contribution in [0.2, 0.25) is 0 Å². The highest BCUT2D eigenvalue weighted by Gasteiger charge is 2.43. The number of nitrogens with one attached hydrogen (secondary N) is 1. The van der Waals surface area contributed by atoms with Gasteiger partial charge in [-0.05, 0) is 31.4 Å². The summed E-state index contributed by atoms with van der Waals surface area (Å²) in [5.41, 5.74) is 2.98. The monoisotopic (exact) mass is 399 g/mol. The molecule has 0 unspecified atom stereocenters. The molecule has 0 aliphatic carbocycles. The molecule has 0 radical (unpaired) electrons. The predicted molar refractivity (Wildman–Crippen MR) is 118 cm³/mol. The number of aromatic nitrogens is 2. The molecule has 2 aliphatic rings. The highest BCUT2D eigenvalue weighted by molar-refractivity contribution is 6.18. The number of H-pyrrole nitrogens is 1. The van der Waals surface area contributed by atoms with Gasteiger partial charge < -0.3 is 4.98 Å². The number of guanidine groups is 1. The molecule has 3 aromatic rings. The van der Waals surface area contributed by atoms with E-state index in [0.717, 1.165) is 30.3 Å². The summed E-state index contributed by atoms with van der Waals surface area (Å²) in [4.78, 5) is 30.2. The van der Waals surface area contributed by atoms with Crippen LogP contribution in [0.1, 0.15) is 41.3 Å². The second kappa shape index (κ2) is 7.44. The first-order valence-corrected chi connectivity index (χ1v) is 10.5. The molecule has 2 aliphatic heterocycles. The first-order chi connectivity index (χ1) is 14.6. The van der Waals surface area contributed by atoms with Gasteiger partial charge in [-0.15, -0.1) is 0 Å². The molecule has 0 saturated heterocycles. The molecule has 0 fully saturated rings. The van der Waals surface area contributed by atoms with Gasteiger partial charge in [-0.3, -0.25) is 14.6 Å². The fourth-order valence-electron chi connectivity index (χ4n) is 4.24. The maximum absolute atomic E-state index is 13.3. The van der Waals surface area contributed by atoms with Gasteiger partial charge in [0.25, 0.3) is 5.91 Å². The number of imidazole rings is 1. The molecule has 3 heterocycles. The zero-order chi connectivity index (χ0) is 20.7. The van der Waals surface area contributed by atoms with Gasteiger partial charge in [0.1, 0.15) is 11.5 Å². The number of carbonyl (C=O) groups is 1. The van der Waals surface area contributed by atoms with Crippen LogP contribution < -0.4 is 4.90 Å². The van der Waals surface area contributed by atoms with Gasteiger partial charge in [-0.25, -0.2) is 9.98 Å². The fourth-order valence-corrected chi connectivity index (χ4v) is 4.24. The van der Waals surface area contributed by atoms with Crippen LogP contribution in [0.15, 0.2) is 65.7 Å². The van der Waals surface area contributed by atoms with Crippen LogP contribution in [0.5, 0.6) is 0 Å². The van der Waals surface area contributed by atoms with Crippen LogP contribution in [0.25, 0.3) is 0 Å². The van der Waals surface area contributed by atoms with Crippen molar-refractivity contribution >= 4 is 17.7 Å². The van der Waals surface area contributed by atoms with Crippen LogP contribution in [-0.2, 0) is 12.8 Å². The van der Waals surface area contributed by atoms with Crippen molar-refractivity contribution in [3.8, 4) is 0 Å². The van der Waals surface area contributed by atoms with E-state index in [2.05, 4.69) is 46.3 Å². The molecule has 152 valence electrons. The van der Waals surface area contributed by atoms with Crippen LogP contribution in [0.4, 0.5) is 5.82 Å². The Morgan fingerprint density at radius 3 is 2.37 bits per heavy atom. The number of carbonyl (C=O) groups excluding carboxylic acids is 1. The lowest BCUT2D eigenvalue weighted by Gasteiger charge is -2.35. The Kier molecular flexibility index (Phi) is 4.62. The number of anilines is 1. The zero-order valence-electron chi connectivity index (χ0n) is 17.2. The number of rotatable bonds is 5. The van der Waals surface area contributed by atoms with E-state index in [4.69, 9.17) is 9.98 Å². The average Bonchev–Trinajstić information content (AvgIpc) is 3.34. The first kappa shape index (κ1) is 18.6. The maximum Gasteiger partial charge on any atom is 0.281 e. The smallest absolute Gasteiger partial charge is 0.281 e. The van der Waals surface area contributed by atoms with Crippen molar-refractivity contribution in [1.82, 2.24) is 14.9 Å². The summed E-state index contributed by atoms with van der Waals surface area (Å²) in [7, 11) is 0. The van der Waals surface area contributed by atoms with E-state index in [-0.39, 0.29) is 18.0 Å². The molecule has 1 amide bonds. The topological polar surface area (TPSA) is 64.6 Å². The van der Waals surface area contributed by atoms with Gasteiger partial charge in [0.05, 0.1) is 12.6 Å². The van der Waals surface area contributed by atoms with E-state index >= 15 is 0 Å². The summed E-state index contributed by atoms with van der Waals surface area (Å²) >= 11 is 0. The highest BCUT2D eigenvalue weighted by atomic mass is 16.2. The van der Waals surface area contributed by atoms with Gasteiger partial charge in [0.15, 0.2) is 5.82 Å². The van der Waals surface area contributed by atoms with Gasteiger partial charge >= 0.3 is 0 Å². The molecule has 0 spiro atoms. The van der Waals surface area contributed by atoms with Crippen LogP contribution in [-0.4, -0.2) is 45.4 Å². The van der Waals surface area contributed by atoms with Crippen molar-refractivity contribution in [1.29, 1.82) is 0 Å². The lowest BCUT2D eigenvalue weighted by molar-refractivity contribution is 0.0806. The third-order valence-electron chi connectivity index (χ3n) is 5.62. The van der Waals surface area contributed by atoms with E-state index < -0.39 is 0 Å². The first-order valence-electron chi connectivity index (χ1n) is 10.5. The predicted octanol–water partition coefficient (Wildman–Crippen LogP) is 3.65. The lowest BCUT2D eigenvalue weighted by Crippen LogP contribution is -2.53. The van der Waals surface area contributed by atoms with E-state index in [9.17, 15) is 4.79 Å². The fraction of sp³-hybridized carbons (Fsp3) is 0.292. The standard InChI is InChI=1S/C24H25N5O/c1-16(2)29-23(30)21-22(27-20(26-21)14-18-11-7-4-8-12-18)28-15-19(25-24(28)29)13-17-9-5-3-6-10-17/h3-12,16,19H,13-15H2,1-2H3,(H,26,27)/t19-/m1/s1. The van der Waals surface area contributed by atoms with Crippen molar-refractivity contribution in [2.45, 2.75) is 38.8 Å². The molecule has 5 rings (SSSR count). The number of hydrogen-bond acceptors (Lipinski definition) is 4. The van der Waals surface area contributed by atoms with Crippen molar-refractivity contribution in [3.63, 3.8) is 0 Å². The molecule has 1 aromatic heterocycles. The largest absolute Gasteiger partial charge is 0.336 e. The Morgan fingerprint density at radius 2 is 1.70 bits per heavy atom. The Balaban J connectivity index is 1.48. The van der Waals surface area contributed by atoms with Crippen LogP contribution in [0, 0.1) is 0 Å². The minimum atomic E-state index is -0.0535. The second-order valence-electron chi connectivity index (χ2n) is 8.20. The number of fused-ring (bicyclic) bond motifs is 3. The number of aliphatic imine (C=N–C) groups is 1. The van der Waals surface area contributed by atoms with Gasteiger partial charge in [0.2, 0.25) is 5.96 Å². The second-order valence-corrected chi connectivity index (χ2v) is 8.20.